The van der Waals surface area contributed by atoms with Crippen molar-refractivity contribution in [2.45, 2.75) is 6.42 Å². The molecule has 0 aliphatic rings. The summed E-state index contributed by atoms with van der Waals surface area (Å²) in [4.78, 5) is 23.4. The van der Waals surface area contributed by atoms with Crippen molar-refractivity contribution in [1.29, 1.82) is 0 Å². The fourth-order valence-electron chi connectivity index (χ4n) is 0.880. The molecule has 0 unspecified atom stereocenters. The Balaban J connectivity index is 3.01. The van der Waals surface area contributed by atoms with E-state index in [9.17, 15) is 9.59 Å². The number of carboxylic acids is 1. The number of aromatic nitrogens is 1. The molecule has 0 aromatic carbocycles. The van der Waals surface area contributed by atoms with Crippen LogP contribution in [0.5, 0.6) is 0 Å². The van der Waals surface area contributed by atoms with Crippen LogP contribution in [0.25, 0.3) is 0 Å². The normalized spacial score (nSPS) is 9.75. The van der Waals surface area contributed by atoms with E-state index in [0.717, 1.165) is 3.57 Å². The first-order valence-corrected chi connectivity index (χ1v) is 4.25. The van der Waals surface area contributed by atoms with E-state index < -0.39 is 5.97 Å². The standard InChI is InChI=1S/C7H6INO3/c8-5-2-9-6(3-10)4(5)1-7(11)12/h2-3,9H,1H2,(H,11,12). The minimum atomic E-state index is -0.935. The van der Waals surface area contributed by atoms with Gasteiger partial charge in [-0.25, -0.2) is 0 Å². The zero-order chi connectivity index (χ0) is 9.14. The zero-order valence-electron chi connectivity index (χ0n) is 6.00. The van der Waals surface area contributed by atoms with E-state index in [4.69, 9.17) is 5.11 Å². The molecule has 4 nitrogen and oxygen atoms in total. The lowest BCUT2D eigenvalue weighted by Gasteiger charge is -1.94. The number of H-pyrrole nitrogens is 1. The summed E-state index contributed by atoms with van der Waals surface area (Å²) in [6, 6.07) is 0. The van der Waals surface area contributed by atoms with Crippen LogP contribution in [-0.4, -0.2) is 22.3 Å². The molecule has 0 saturated carbocycles. The first-order chi connectivity index (χ1) is 5.65. The van der Waals surface area contributed by atoms with Crippen LogP contribution < -0.4 is 0 Å². The second-order valence-corrected chi connectivity index (χ2v) is 3.38. The van der Waals surface area contributed by atoms with Crippen molar-refractivity contribution in [3.8, 4) is 0 Å². The smallest absolute Gasteiger partial charge is 0.307 e. The van der Waals surface area contributed by atoms with Crippen LogP contribution >= 0.6 is 22.6 Å². The Labute approximate surface area is 82.1 Å². The largest absolute Gasteiger partial charge is 0.481 e. The van der Waals surface area contributed by atoms with E-state index in [2.05, 4.69) is 4.98 Å². The van der Waals surface area contributed by atoms with E-state index >= 15 is 0 Å². The van der Waals surface area contributed by atoms with Gasteiger partial charge in [0, 0.05) is 15.3 Å². The topological polar surface area (TPSA) is 70.2 Å². The van der Waals surface area contributed by atoms with Crippen LogP contribution in [0, 0.1) is 3.57 Å². The molecular formula is C7H6INO3. The third-order valence-corrected chi connectivity index (χ3v) is 2.38. The maximum Gasteiger partial charge on any atom is 0.307 e. The molecule has 1 rings (SSSR count). The Kier molecular flexibility index (Phi) is 2.85. The van der Waals surface area contributed by atoms with Gasteiger partial charge in [0.05, 0.1) is 12.1 Å². The van der Waals surface area contributed by atoms with E-state index in [1.807, 2.05) is 22.6 Å². The van der Waals surface area contributed by atoms with Gasteiger partial charge >= 0.3 is 5.97 Å². The van der Waals surface area contributed by atoms with Gasteiger partial charge in [-0.3, -0.25) is 9.59 Å². The van der Waals surface area contributed by atoms with Gasteiger partial charge in [-0.05, 0) is 22.6 Å². The third kappa shape index (κ3) is 1.84. The molecule has 0 fully saturated rings. The number of carboxylic acid groups (broad SMARTS) is 1. The van der Waals surface area contributed by atoms with Gasteiger partial charge in [-0.15, -0.1) is 0 Å². The minimum absolute atomic E-state index is 0.115. The highest BCUT2D eigenvalue weighted by Gasteiger charge is 2.11. The van der Waals surface area contributed by atoms with Crippen molar-refractivity contribution in [2.24, 2.45) is 0 Å². The molecule has 1 aromatic heterocycles. The Hall–Kier alpha value is -0.850. The van der Waals surface area contributed by atoms with Crippen molar-refractivity contribution in [2.75, 3.05) is 0 Å². The summed E-state index contributed by atoms with van der Waals surface area (Å²) < 4.78 is 0.775. The van der Waals surface area contributed by atoms with Crippen molar-refractivity contribution in [3.63, 3.8) is 0 Å². The summed E-state index contributed by atoms with van der Waals surface area (Å²) in [5.41, 5.74) is 0.903. The lowest BCUT2D eigenvalue weighted by molar-refractivity contribution is -0.136. The average molecular weight is 279 g/mol. The summed E-state index contributed by atoms with van der Waals surface area (Å²) in [6.45, 7) is 0. The number of nitrogens with one attached hydrogen (secondary N) is 1. The van der Waals surface area contributed by atoms with Gasteiger partial charge < -0.3 is 10.1 Å². The zero-order valence-corrected chi connectivity index (χ0v) is 8.16. The first kappa shape index (κ1) is 9.24. The van der Waals surface area contributed by atoms with E-state index in [1.54, 1.807) is 6.20 Å². The molecule has 0 saturated heterocycles. The van der Waals surface area contributed by atoms with Gasteiger partial charge in [0.15, 0.2) is 6.29 Å². The highest BCUT2D eigenvalue weighted by Crippen LogP contribution is 2.15. The molecule has 0 atom stereocenters. The van der Waals surface area contributed by atoms with Crippen LogP contribution in [-0.2, 0) is 11.2 Å². The monoisotopic (exact) mass is 279 g/mol. The molecule has 0 bridgehead atoms. The summed E-state index contributed by atoms with van der Waals surface area (Å²) in [5.74, 6) is -0.935. The van der Waals surface area contributed by atoms with Crippen LogP contribution in [0.2, 0.25) is 0 Å². The number of aromatic amines is 1. The number of aliphatic carboxylic acids is 1. The second-order valence-electron chi connectivity index (χ2n) is 2.22. The number of halogens is 1. The van der Waals surface area contributed by atoms with E-state index in [1.165, 1.54) is 0 Å². The Morgan fingerprint density at radius 1 is 1.75 bits per heavy atom. The van der Waals surface area contributed by atoms with Crippen molar-refractivity contribution >= 4 is 34.8 Å². The molecule has 2 N–H and O–H groups in total. The highest BCUT2D eigenvalue weighted by atomic mass is 127. The fraction of sp³-hybridized carbons (Fsp3) is 0.143. The predicted octanol–water partition coefficient (Wildman–Crippen LogP) is 1.06. The van der Waals surface area contributed by atoms with Gasteiger partial charge in [-0.1, -0.05) is 0 Å². The number of carbonyl (C=O) groups excluding carboxylic acids is 1. The fourth-order valence-corrected chi connectivity index (χ4v) is 1.52. The average Bonchev–Trinajstić information content (AvgIpc) is 2.32. The van der Waals surface area contributed by atoms with Gasteiger partial charge in [0.2, 0.25) is 0 Å². The van der Waals surface area contributed by atoms with Gasteiger partial charge in [-0.2, -0.15) is 0 Å². The molecule has 12 heavy (non-hydrogen) atoms. The SMILES string of the molecule is O=Cc1[nH]cc(I)c1CC(=O)O. The lowest BCUT2D eigenvalue weighted by Crippen LogP contribution is -2.02. The quantitative estimate of drug-likeness (QED) is 0.642. The molecule has 5 heteroatoms. The van der Waals surface area contributed by atoms with Crippen LogP contribution in [0.1, 0.15) is 16.1 Å². The molecule has 64 valence electrons. The molecular weight excluding hydrogens is 273 g/mol. The van der Waals surface area contributed by atoms with Crippen LogP contribution in [0.15, 0.2) is 6.20 Å². The molecule has 0 spiro atoms. The number of aldehydes is 1. The minimum Gasteiger partial charge on any atom is -0.481 e. The molecule has 1 aromatic rings. The number of rotatable bonds is 3. The molecule has 0 aliphatic heterocycles. The molecule has 0 radical (unpaired) electrons. The van der Waals surface area contributed by atoms with E-state index in [0.29, 0.717) is 17.5 Å². The Morgan fingerprint density at radius 3 is 2.92 bits per heavy atom. The summed E-state index contributed by atoms with van der Waals surface area (Å²) >= 11 is 1.98. The molecule has 0 amide bonds. The van der Waals surface area contributed by atoms with E-state index in [-0.39, 0.29) is 6.42 Å². The Morgan fingerprint density at radius 2 is 2.42 bits per heavy atom. The maximum atomic E-state index is 10.4. The highest BCUT2D eigenvalue weighted by molar-refractivity contribution is 14.1. The number of carbonyl (C=O) groups is 2. The van der Waals surface area contributed by atoms with Gasteiger partial charge in [0.1, 0.15) is 0 Å². The summed E-state index contributed by atoms with van der Waals surface area (Å²) in [6.07, 6.45) is 2.12. The Bertz CT molecular complexity index is 318. The van der Waals surface area contributed by atoms with Crippen molar-refractivity contribution < 1.29 is 14.7 Å². The number of hydrogen-bond acceptors (Lipinski definition) is 2. The number of hydrogen-bond donors (Lipinski definition) is 2. The van der Waals surface area contributed by atoms with Crippen molar-refractivity contribution in [3.05, 3.63) is 21.0 Å². The second kappa shape index (κ2) is 3.70. The van der Waals surface area contributed by atoms with Crippen LogP contribution in [0.3, 0.4) is 0 Å². The predicted molar refractivity (Wildman–Crippen MR) is 50.2 cm³/mol. The van der Waals surface area contributed by atoms with Crippen molar-refractivity contribution in [1.82, 2.24) is 4.98 Å². The first-order valence-electron chi connectivity index (χ1n) is 3.18. The lowest BCUT2D eigenvalue weighted by atomic mass is 10.2. The summed E-state index contributed by atoms with van der Waals surface area (Å²) in [5, 5.41) is 8.50. The van der Waals surface area contributed by atoms with Gasteiger partial charge in [0.25, 0.3) is 0 Å². The molecule has 1 heterocycles. The maximum absolute atomic E-state index is 10.4. The molecule has 0 aliphatic carbocycles. The summed E-state index contributed by atoms with van der Waals surface area (Å²) in [7, 11) is 0. The third-order valence-electron chi connectivity index (χ3n) is 1.41. The van der Waals surface area contributed by atoms with Crippen LogP contribution in [0.4, 0.5) is 0 Å².